The van der Waals surface area contributed by atoms with Crippen LogP contribution < -0.4 is 10.1 Å². The lowest BCUT2D eigenvalue weighted by molar-refractivity contribution is -0.121. The van der Waals surface area contributed by atoms with E-state index >= 15 is 0 Å². The second kappa shape index (κ2) is 9.17. The second-order valence-corrected chi connectivity index (χ2v) is 7.48. The van der Waals surface area contributed by atoms with E-state index in [0.717, 1.165) is 31.3 Å². The summed E-state index contributed by atoms with van der Waals surface area (Å²) in [6.45, 7) is 5.74. The number of likely N-dealkylation sites (tertiary alicyclic amines) is 1. The van der Waals surface area contributed by atoms with Gasteiger partial charge in [-0.25, -0.2) is 0 Å². The van der Waals surface area contributed by atoms with Gasteiger partial charge in [0.05, 0.1) is 6.61 Å². The lowest BCUT2D eigenvalue weighted by Gasteiger charge is -2.15. The molecule has 1 aliphatic carbocycles. The van der Waals surface area contributed by atoms with Crippen molar-refractivity contribution >= 4 is 11.7 Å². The number of ether oxygens (including phenoxy) is 1. The summed E-state index contributed by atoms with van der Waals surface area (Å²) in [6, 6.07) is 7.99. The number of hydrogen-bond donors (Lipinski definition) is 1. The number of amides is 1. The maximum Gasteiger partial charge on any atom is 0.220 e. The fraction of sp³-hybridized carbons (Fsp3) is 0.619. The Morgan fingerprint density at radius 3 is 2.62 bits per heavy atom. The predicted molar refractivity (Wildman–Crippen MR) is 102 cm³/mol. The van der Waals surface area contributed by atoms with E-state index in [9.17, 15) is 9.59 Å². The SMILES string of the molecule is CCCOc1ccc(C(=O)CCC(=O)NCC2CCN(C3CC3)C2)cc1. The minimum Gasteiger partial charge on any atom is -0.494 e. The summed E-state index contributed by atoms with van der Waals surface area (Å²) in [6.07, 6.45) is 5.31. The van der Waals surface area contributed by atoms with Gasteiger partial charge in [0.15, 0.2) is 5.78 Å². The lowest BCUT2D eigenvalue weighted by atomic mass is 10.1. The molecule has 26 heavy (non-hydrogen) atoms. The van der Waals surface area contributed by atoms with Gasteiger partial charge in [-0.1, -0.05) is 6.92 Å². The standard InChI is InChI=1S/C21H30N2O3/c1-2-13-26-19-7-3-17(4-8-19)20(24)9-10-21(25)22-14-16-11-12-23(15-16)18-5-6-18/h3-4,7-8,16,18H,2,5-6,9-15H2,1H3,(H,22,25). The molecule has 3 rings (SSSR count). The monoisotopic (exact) mass is 358 g/mol. The molecule has 1 N–H and O–H groups in total. The highest BCUT2D eigenvalue weighted by atomic mass is 16.5. The minimum absolute atomic E-state index is 0.00275. The highest BCUT2D eigenvalue weighted by Gasteiger charge is 2.34. The van der Waals surface area contributed by atoms with Crippen LogP contribution in [-0.4, -0.2) is 48.9 Å². The Morgan fingerprint density at radius 1 is 1.15 bits per heavy atom. The summed E-state index contributed by atoms with van der Waals surface area (Å²) in [5.74, 6) is 1.32. The van der Waals surface area contributed by atoms with Crippen molar-refractivity contribution < 1.29 is 14.3 Å². The number of carbonyl (C=O) groups excluding carboxylic acids is 2. The van der Waals surface area contributed by atoms with Crippen LogP contribution in [0.1, 0.15) is 55.8 Å². The normalized spacial score (nSPS) is 20.1. The summed E-state index contributed by atoms with van der Waals surface area (Å²) >= 11 is 0. The van der Waals surface area contributed by atoms with E-state index < -0.39 is 0 Å². The second-order valence-electron chi connectivity index (χ2n) is 7.48. The Hall–Kier alpha value is -1.88. The highest BCUT2D eigenvalue weighted by Crippen LogP contribution is 2.31. The third-order valence-corrected chi connectivity index (χ3v) is 5.20. The van der Waals surface area contributed by atoms with E-state index in [4.69, 9.17) is 4.74 Å². The first kappa shape index (κ1) is 18.9. The number of ketones is 1. The van der Waals surface area contributed by atoms with E-state index in [1.807, 2.05) is 12.1 Å². The highest BCUT2D eigenvalue weighted by molar-refractivity contribution is 5.98. The predicted octanol–water partition coefficient (Wildman–Crippen LogP) is 3.04. The molecule has 1 atom stereocenters. The number of rotatable bonds is 10. The van der Waals surface area contributed by atoms with Crippen LogP contribution in [0.5, 0.6) is 5.75 Å². The summed E-state index contributed by atoms with van der Waals surface area (Å²) < 4.78 is 5.52. The van der Waals surface area contributed by atoms with Gasteiger partial charge in [0.25, 0.3) is 0 Å². The van der Waals surface area contributed by atoms with E-state index in [1.54, 1.807) is 12.1 Å². The van der Waals surface area contributed by atoms with Crippen LogP contribution in [0.25, 0.3) is 0 Å². The van der Waals surface area contributed by atoms with Crippen molar-refractivity contribution in [2.45, 2.75) is 51.5 Å². The van der Waals surface area contributed by atoms with Crippen LogP contribution >= 0.6 is 0 Å². The summed E-state index contributed by atoms with van der Waals surface area (Å²) in [4.78, 5) is 26.8. The molecule has 0 spiro atoms. The molecule has 1 amide bonds. The summed E-state index contributed by atoms with van der Waals surface area (Å²) in [5.41, 5.74) is 0.637. The zero-order chi connectivity index (χ0) is 18.4. The van der Waals surface area contributed by atoms with Crippen molar-refractivity contribution in [2.24, 2.45) is 5.92 Å². The van der Waals surface area contributed by atoms with Gasteiger partial charge < -0.3 is 15.0 Å². The first-order valence-electron chi connectivity index (χ1n) is 9.92. The van der Waals surface area contributed by atoms with Gasteiger partial charge >= 0.3 is 0 Å². The molecular weight excluding hydrogens is 328 g/mol. The molecule has 2 fully saturated rings. The minimum atomic E-state index is -0.0221. The maximum atomic E-state index is 12.2. The maximum absolute atomic E-state index is 12.2. The number of nitrogens with zero attached hydrogens (tertiary/aromatic N) is 1. The Balaban J connectivity index is 1.33. The number of nitrogens with one attached hydrogen (secondary N) is 1. The molecule has 1 heterocycles. The molecule has 1 saturated heterocycles. The van der Waals surface area contributed by atoms with Gasteiger partial charge in [0, 0.05) is 37.5 Å². The summed E-state index contributed by atoms with van der Waals surface area (Å²) in [7, 11) is 0. The fourth-order valence-corrected chi connectivity index (χ4v) is 3.48. The Bertz CT molecular complexity index is 610. The molecule has 142 valence electrons. The summed E-state index contributed by atoms with van der Waals surface area (Å²) in [5, 5.41) is 3.01. The van der Waals surface area contributed by atoms with Crippen molar-refractivity contribution in [1.82, 2.24) is 10.2 Å². The molecule has 1 unspecified atom stereocenters. The van der Waals surface area contributed by atoms with Crippen molar-refractivity contribution in [3.8, 4) is 5.75 Å². The average molecular weight is 358 g/mol. The van der Waals surface area contributed by atoms with Crippen LogP contribution in [-0.2, 0) is 4.79 Å². The quantitative estimate of drug-likeness (QED) is 0.653. The van der Waals surface area contributed by atoms with Crippen LogP contribution in [0.3, 0.4) is 0 Å². The molecular formula is C21H30N2O3. The van der Waals surface area contributed by atoms with Gasteiger partial charge in [-0.15, -0.1) is 0 Å². The van der Waals surface area contributed by atoms with Crippen LogP contribution in [0.15, 0.2) is 24.3 Å². The topological polar surface area (TPSA) is 58.6 Å². The van der Waals surface area contributed by atoms with Crippen molar-refractivity contribution in [3.05, 3.63) is 29.8 Å². The number of benzene rings is 1. The van der Waals surface area contributed by atoms with Crippen molar-refractivity contribution in [3.63, 3.8) is 0 Å². The Labute approximate surface area is 156 Å². The third-order valence-electron chi connectivity index (χ3n) is 5.20. The van der Waals surface area contributed by atoms with Crippen LogP contribution in [0, 0.1) is 5.92 Å². The third kappa shape index (κ3) is 5.56. The lowest BCUT2D eigenvalue weighted by Crippen LogP contribution is -2.31. The van der Waals surface area contributed by atoms with Crippen LogP contribution in [0.4, 0.5) is 0 Å². The van der Waals surface area contributed by atoms with Crippen molar-refractivity contribution in [1.29, 1.82) is 0 Å². The molecule has 1 aromatic carbocycles. The number of carbonyl (C=O) groups is 2. The largest absolute Gasteiger partial charge is 0.494 e. The molecule has 0 aromatic heterocycles. The van der Waals surface area contributed by atoms with Gasteiger partial charge in [0.2, 0.25) is 5.91 Å². The number of hydrogen-bond acceptors (Lipinski definition) is 4. The van der Waals surface area contributed by atoms with Crippen LogP contribution in [0.2, 0.25) is 0 Å². The first-order chi connectivity index (χ1) is 12.7. The van der Waals surface area contributed by atoms with Gasteiger partial charge in [0.1, 0.15) is 5.75 Å². The van der Waals surface area contributed by atoms with E-state index in [2.05, 4.69) is 17.1 Å². The molecule has 1 saturated carbocycles. The van der Waals surface area contributed by atoms with E-state index in [-0.39, 0.29) is 24.5 Å². The van der Waals surface area contributed by atoms with Gasteiger partial charge in [-0.3, -0.25) is 9.59 Å². The molecule has 0 bridgehead atoms. The van der Waals surface area contributed by atoms with Gasteiger partial charge in [-0.05, 0) is 62.4 Å². The Morgan fingerprint density at radius 2 is 1.92 bits per heavy atom. The molecule has 1 aromatic rings. The average Bonchev–Trinajstić information content (AvgIpc) is 3.41. The molecule has 2 aliphatic rings. The molecule has 0 radical (unpaired) electrons. The zero-order valence-corrected chi connectivity index (χ0v) is 15.7. The zero-order valence-electron chi connectivity index (χ0n) is 15.7. The van der Waals surface area contributed by atoms with E-state index in [0.29, 0.717) is 18.1 Å². The molecule has 5 nitrogen and oxygen atoms in total. The Kier molecular flexibility index (Phi) is 6.67. The molecule has 1 aliphatic heterocycles. The molecule has 5 heteroatoms. The first-order valence-corrected chi connectivity index (χ1v) is 9.92. The van der Waals surface area contributed by atoms with Gasteiger partial charge in [-0.2, -0.15) is 0 Å². The van der Waals surface area contributed by atoms with E-state index in [1.165, 1.54) is 25.8 Å². The smallest absolute Gasteiger partial charge is 0.220 e. The van der Waals surface area contributed by atoms with Crippen molar-refractivity contribution in [2.75, 3.05) is 26.2 Å². The number of Topliss-reactive ketones (excluding diaryl/α,β-unsaturated/α-hetero) is 1. The fourth-order valence-electron chi connectivity index (χ4n) is 3.48.